The van der Waals surface area contributed by atoms with Gasteiger partial charge in [0.1, 0.15) is 17.0 Å². The lowest BCUT2D eigenvalue weighted by molar-refractivity contribution is 0.292. The van der Waals surface area contributed by atoms with E-state index in [0.717, 1.165) is 40.1 Å². The number of nitrogens with one attached hydrogen (secondary N) is 1. The molecule has 0 unspecified atom stereocenters. The van der Waals surface area contributed by atoms with Crippen LogP contribution in [0, 0.1) is 5.92 Å². The van der Waals surface area contributed by atoms with E-state index in [-0.39, 0.29) is 6.61 Å². The van der Waals surface area contributed by atoms with Crippen LogP contribution in [0.4, 0.5) is 5.82 Å². The number of hydrogen-bond acceptors (Lipinski definition) is 6. The summed E-state index contributed by atoms with van der Waals surface area (Å²) in [7, 11) is 0. The van der Waals surface area contributed by atoms with Gasteiger partial charge in [-0.15, -0.1) is 11.3 Å². The Hall–Kier alpha value is -1.79. The molecule has 5 nitrogen and oxygen atoms in total. The normalized spacial score (nSPS) is 14.3. The SMILES string of the molecule is CC(C)Cc1nc2sc3c(NCCCO)ncnc3c2c2c1CCCC2. The zero-order chi connectivity index (χ0) is 18.1. The van der Waals surface area contributed by atoms with Crippen LogP contribution in [-0.4, -0.2) is 33.2 Å². The van der Waals surface area contributed by atoms with Gasteiger partial charge in [-0.05, 0) is 55.6 Å². The summed E-state index contributed by atoms with van der Waals surface area (Å²) < 4.78 is 1.09. The van der Waals surface area contributed by atoms with Gasteiger partial charge in [0.25, 0.3) is 0 Å². The van der Waals surface area contributed by atoms with Crippen molar-refractivity contribution in [3.05, 3.63) is 23.1 Å². The monoisotopic (exact) mass is 370 g/mol. The maximum atomic E-state index is 9.03. The Morgan fingerprint density at radius 2 is 2.00 bits per heavy atom. The number of hydrogen-bond donors (Lipinski definition) is 2. The van der Waals surface area contributed by atoms with Crippen molar-refractivity contribution >= 4 is 37.6 Å². The van der Waals surface area contributed by atoms with E-state index in [2.05, 4.69) is 29.1 Å². The summed E-state index contributed by atoms with van der Waals surface area (Å²) >= 11 is 1.70. The molecule has 2 N–H and O–H groups in total. The maximum absolute atomic E-state index is 9.03. The number of aliphatic hydroxyl groups excluding tert-OH is 1. The first-order valence-corrected chi connectivity index (χ1v) is 10.4. The van der Waals surface area contributed by atoms with Crippen LogP contribution >= 0.6 is 11.3 Å². The molecule has 3 aromatic heterocycles. The lowest BCUT2D eigenvalue weighted by Gasteiger charge is -2.20. The van der Waals surface area contributed by atoms with Gasteiger partial charge in [0.2, 0.25) is 0 Å². The van der Waals surface area contributed by atoms with Crippen molar-refractivity contribution in [2.45, 2.75) is 52.4 Å². The lowest BCUT2D eigenvalue weighted by atomic mass is 9.87. The molecule has 3 heterocycles. The average Bonchev–Trinajstić information content (AvgIpc) is 3.01. The molecule has 0 fully saturated rings. The zero-order valence-corrected chi connectivity index (χ0v) is 16.3. The van der Waals surface area contributed by atoms with Gasteiger partial charge in [0.15, 0.2) is 0 Å². The number of fused-ring (bicyclic) bond motifs is 5. The van der Waals surface area contributed by atoms with E-state index in [1.807, 2.05) is 0 Å². The first kappa shape index (κ1) is 17.6. The first-order valence-electron chi connectivity index (χ1n) is 9.61. The molecule has 0 bridgehead atoms. The molecule has 0 radical (unpaired) electrons. The second-order valence-corrected chi connectivity index (χ2v) is 8.51. The molecule has 0 spiro atoms. The number of aliphatic hydroxyl groups is 1. The number of pyridine rings is 1. The highest BCUT2D eigenvalue weighted by Crippen LogP contribution is 2.40. The molecule has 0 saturated heterocycles. The van der Waals surface area contributed by atoms with Crippen molar-refractivity contribution in [2.24, 2.45) is 5.92 Å². The summed E-state index contributed by atoms with van der Waals surface area (Å²) in [5.74, 6) is 1.47. The van der Waals surface area contributed by atoms with Gasteiger partial charge < -0.3 is 10.4 Å². The van der Waals surface area contributed by atoms with Gasteiger partial charge in [-0.3, -0.25) is 0 Å². The molecule has 0 amide bonds. The molecule has 0 aromatic carbocycles. The predicted molar refractivity (Wildman–Crippen MR) is 108 cm³/mol. The summed E-state index contributed by atoms with van der Waals surface area (Å²) in [5.41, 5.74) is 5.28. The fourth-order valence-corrected chi connectivity index (χ4v) is 5.05. The Labute approximate surface area is 157 Å². The summed E-state index contributed by atoms with van der Waals surface area (Å²) in [5, 5.41) is 13.6. The molecule has 0 atom stereocenters. The summed E-state index contributed by atoms with van der Waals surface area (Å²) in [6.45, 7) is 5.42. The summed E-state index contributed by atoms with van der Waals surface area (Å²) in [6, 6.07) is 0. The van der Waals surface area contributed by atoms with Crippen LogP contribution in [0.2, 0.25) is 0 Å². The fraction of sp³-hybridized carbons (Fsp3) is 0.550. The van der Waals surface area contributed by atoms with Crippen LogP contribution in [0.3, 0.4) is 0 Å². The quantitative estimate of drug-likeness (QED) is 0.639. The maximum Gasteiger partial charge on any atom is 0.147 e. The van der Waals surface area contributed by atoms with E-state index < -0.39 is 0 Å². The van der Waals surface area contributed by atoms with Crippen LogP contribution < -0.4 is 5.32 Å². The Balaban J connectivity index is 1.90. The standard InChI is InChI=1S/C20H26N4OS/c1-12(2)10-15-13-6-3-4-7-14(13)16-17-18(26-20(16)24-15)19(23-11-22-17)21-8-5-9-25/h11-12,25H,3-10H2,1-2H3,(H,21,22,23). The molecule has 3 aromatic rings. The van der Waals surface area contributed by atoms with Gasteiger partial charge in [-0.1, -0.05) is 13.8 Å². The molecule has 138 valence electrons. The highest BCUT2D eigenvalue weighted by molar-refractivity contribution is 7.26. The number of thiophene rings is 1. The first-order chi connectivity index (χ1) is 12.7. The minimum absolute atomic E-state index is 0.182. The van der Waals surface area contributed by atoms with E-state index >= 15 is 0 Å². The minimum atomic E-state index is 0.182. The Bertz CT molecular complexity index is 935. The number of rotatable bonds is 6. The van der Waals surface area contributed by atoms with Crippen LogP contribution in [-0.2, 0) is 19.3 Å². The van der Waals surface area contributed by atoms with E-state index in [1.165, 1.54) is 35.0 Å². The smallest absolute Gasteiger partial charge is 0.147 e. The molecule has 1 aliphatic rings. The largest absolute Gasteiger partial charge is 0.396 e. The molecular formula is C20H26N4OS. The van der Waals surface area contributed by atoms with Crippen LogP contribution in [0.5, 0.6) is 0 Å². The second-order valence-electron chi connectivity index (χ2n) is 7.51. The van der Waals surface area contributed by atoms with E-state index in [1.54, 1.807) is 17.7 Å². The molecule has 4 rings (SSSR count). The third-order valence-electron chi connectivity index (χ3n) is 5.04. The van der Waals surface area contributed by atoms with Gasteiger partial charge in [-0.25, -0.2) is 15.0 Å². The second kappa shape index (κ2) is 7.45. The number of aromatic nitrogens is 3. The Kier molecular flexibility index (Phi) is 5.05. The number of nitrogens with zero attached hydrogens (tertiary/aromatic N) is 3. The molecule has 6 heteroatoms. The average molecular weight is 371 g/mol. The van der Waals surface area contributed by atoms with Gasteiger partial charge in [-0.2, -0.15) is 0 Å². The minimum Gasteiger partial charge on any atom is -0.396 e. The van der Waals surface area contributed by atoms with Crippen molar-refractivity contribution in [3.8, 4) is 0 Å². The predicted octanol–water partition coefficient (Wildman–Crippen LogP) is 4.11. The Morgan fingerprint density at radius 1 is 1.19 bits per heavy atom. The molecule has 0 saturated carbocycles. The highest BCUT2D eigenvalue weighted by atomic mass is 32.1. The van der Waals surface area contributed by atoms with Crippen molar-refractivity contribution in [1.82, 2.24) is 15.0 Å². The Morgan fingerprint density at radius 3 is 2.77 bits per heavy atom. The summed E-state index contributed by atoms with van der Waals surface area (Å²) in [4.78, 5) is 15.2. The number of aryl methyl sites for hydroxylation is 1. The zero-order valence-electron chi connectivity index (χ0n) is 15.5. The summed E-state index contributed by atoms with van der Waals surface area (Å²) in [6.07, 6.45) is 8.18. The molecular weight excluding hydrogens is 344 g/mol. The van der Waals surface area contributed by atoms with E-state index in [4.69, 9.17) is 10.1 Å². The van der Waals surface area contributed by atoms with Gasteiger partial charge >= 0.3 is 0 Å². The topological polar surface area (TPSA) is 70.9 Å². The van der Waals surface area contributed by atoms with Gasteiger partial charge in [0, 0.05) is 24.2 Å². The highest BCUT2D eigenvalue weighted by Gasteiger charge is 2.23. The third-order valence-corrected chi connectivity index (χ3v) is 6.12. The van der Waals surface area contributed by atoms with Crippen molar-refractivity contribution in [3.63, 3.8) is 0 Å². The fourth-order valence-electron chi connectivity index (χ4n) is 3.91. The molecule has 0 aliphatic heterocycles. The van der Waals surface area contributed by atoms with E-state index in [9.17, 15) is 0 Å². The number of anilines is 1. The van der Waals surface area contributed by atoms with Crippen molar-refractivity contribution in [1.29, 1.82) is 0 Å². The van der Waals surface area contributed by atoms with Crippen molar-refractivity contribution < 1.29 is 5.11 Å². The molecule has 26 heavy (non-hydrogen) atoms. The third kappa shape index (κ3) is 3.16. The van der Waals surface area contributed by atoms with Crippen LogP contribution in [0.1, 0.15) is 49.9 Å². The molecule has 1 aliphatic carbocycles. The van der Waals surface area contributed by atoms with E-state index in [0.29, 0.717) is 18.9 Å². The van der Waals surface area contributed by atoms with Crippen LogP contribution in [0.15, 0.2) is 6.33 Å². The van der Waals surface area contributed by atoms with Crippen molar-refractivity contribution in [2.75, 3.05) is 18.5 Å². The van der Waals surface area contributed by atoms with Gasteiger partial charge in [0.05, 0.1) is 10.2 Å². The lowest BCUT2D eigenvalue weighted by Crippen LogP contribution is -2.11. The van der Waals surface area contributed by atoms with Crippen LogP contribution in [0.25, 0.3) is 20.4 Å².